The number of hydrogen-bond acceptors (Lipinski definition) is 10. The van der Waals surface area contributed by atoms with Gasteiger partial charge in [0.05, 0.1) is 6.20 Å². The number of hydrogen-bond donors (Lipinski definition) is 5. The monoisotopic (exact) mass is 561 g/mol. The minimum Gasteiger partial charge on any atom is -0.418 e. The summed E-state index contributed by atoms with van der Waals surface area (Å²) in [5.41, 5.74) is 3.09. The molecule has 3 aromatic rings. The fourth-order valence-electron chi connectivity index (χ4n) is 4.65. The van der Waals surface area contributed by atoms with E-state index in [0.717, 1.165) is 30.0 Å². The van der Waals surface area contributed by atoms with E-state index in [1.807, 2.05) is 30.3 Å². The Morgan fingerprint density at radius 1 is 1.12 bits per heavy atom. The van der Waals surface area contributed by atoms with E-state index < -0.39 is 23.8 Å². The highest BCUT2D eigenvalue weighted by molar-refractivity contribution is 6.14. The number of anilines is 4. The number of rotatable bonds is 7. The first kappa shape index (κ1) is 26.4. The Bertz CT molecular complexity index is 1530. The first-order valence-electron chi connectivity index (χ1n) is 13.4. The highest BCUT2D eigenvalue weighted by Gasteiger charge is 2.28. The van der Waals surface area contributed by atoms with Gasteiger partial charge in [-0.05, 0) is 43.2 Å². The van der Waals surface area contributed by atoms with Gasteiger partial charge in [-0.25, -0.2) is 14.6 Å². The van der Waals surface area contributed by atoms with E-state index in [-0.39, 0.29) is 5.70 Å². The molecule has 0 bridgehead atoms. The molecule has 0 radical (unpaired) electrons. The number of benzene rings is 1. The average Bonchev–Trinajstić information content (AvgIpc) is 3.56. The summed E-state index contributed by atoms with van der Waals surface area (Å²) in [5.74, 6) is -0.656. The number of amides is 4. The summed E-state index contributed by atoms with van der Waals surface area (Å²) in [6.45, 7) is 5.12. The third kappa shape index (κ3) is 6.01. The normalized spacial score (nSPS) is 18.5. The molecule has 0 unspecified atom stereocenters. The van der Waals surface area contributed by atoms with Crippen molar-refractivity contribution in [3.05, 3.63) is 47.8 Å². The molecule has 6 rings (SSSR count). The van der Waals surface area contributed by atoms with E-state index in [1.165, 1.54) is 13.8 Å². The van der Waals surface area contributed by atoms with Crippen LogP contribution in [0.3, 0.4) is 0 Å². The number of carbonyl (C=O) groups is 3. The summed E-state index contributed by atoms with van der Waals surface area (Å²) in [6.07, 6.45) is 4.79. The maximum atomic E-state index is 12.2. The maximum absolute atomic E-state index is 12.2. The lowest BCUT2D eigenvalue weighted by Crippen LogP contribution is -2.50. The van der Waals surface area contributed by atoms with Crippen molar-refractivity contribution in [3.63, 3.8) is 0 Å². The van der Waals surface area contributed by atoms with E-state index in [4.69, 9.17) is 9.72 Å². The van der Waals surface area contributed by atoms with E-state index in [9.17, 15) is 19.5 Å². The van der Waals surface area contributed by atoms with Crippen LogP contribution in [0.25, 0.3) is 11.7 Å². The van der Waals surface area contributed by atoms with E-state index in [1.54, 1.807) is 21.7 Å². The molecule has 1 aromatic carbocycles. The van der Waals surface area contributed by atoms with Gasteiger partial charge in [0.15, 0.2) is 5.65 Å². The number of urea groups is 1. The molecular weight excluding hydrogens is 530 g/mol. The molecule has 14 heteroatoms. The molecule has 1 saturated carbocycles. The zero-order chi connectivity index (χ0) is 28.7. The molecule has 41 heavy (non-hydrogen) atoms. The summed E-state index contributed by atoms with van der Waals surface area (Å²) in [4.78, 5) is 44.3. The molecule has 3 fully saturated rings. The number of carbonyl (C=O) groups excluding carboxylic acids is 3. The lowest BCUT2D eigenvalue weighted by molar-refractivity contribution is -0.139. The summed E-state index contributed by atoms with van der Waals surface area (Å²) < 4.78 is 6.74. The standard InChI is InChI=1S/C27H31N9O5/c1-27(2,40)41-26(39)35-11-9-34(10-12-35)19-7-5-17(6-8-19)29-21-14-22(30-18-3-4-18)36-23(32-21)16(15-28-36)13-20-24(37)33-25(38)31-20/h5-8,13-15,18,30,40H,3-4,9-12H2,1-2H3,(H,29,32)(H2,31,33,37,38)/b20-13-. The van der Waals surface area contributed by atoms with Crippen LogP contribution in [0.2, 0.25) is 0 Å². The predicted octanol–water partition coefficient (Wildman–Crippen LogP) is 2.21. The second-order valence-electron chi connectivity index (χ2n) is 10.7. The van der Waals surface area contributed by atoms with Gasteiger partial charge in [-0.2, -0.15) is 9.61 Å². The largest absolute Gasteiger partial charge is 0.418 e. The van der Waals surface area contributed by atoms with Crippen LogP contribution in [0.1, 0.15) is 32.3 Å². The quantitative estimate of drug-likeness (QED) is 0.164. The van der Waals surface area contributed by atoms with Crippen molar-refractivity contribution >= 4 is 52.8 Å². The number of aromatic nitrogens is 3. The average molecular weight is 562 g/mol. The first-order valence-corrected chi connectivity index (χ1v) is 13.4. The first-order chi connectivity index (χ1) is 19.6. The van der Waals surface area contributed by atoms with Crippen molar-refractivity contribution in [1.29, 1.82) is 0 Å². The van der Waals surface area contributed by atoms with Gasteiger partial charge in [0.1, 0.15) is 17.3 Å². The maximum Gasteiger partial charge on any atom is 0.412 e. The topological polar surface area (TPSA) is 165 Å². The van der Waals surface area contributed by atoms with Gasteiger partial charge in [-0.3, -0.25) is 10.1 Å². The van der Waals surface area contributed by atoms with Crippen LogP contribution in [0, 0.1) is 0 Å². The number of ether oxygens (including phenoxy) is 1. The predicted molar refractivity (Wildman–Crippen MR) is 151 cm³/mol. The Kier molecular flexibility index (Phi) is 6.61. The number of nitrogens with zero attached hydrogens (tertiary/aromatic N) is 5. The second kappa shape index (κ2) is 10.3. The third-order valence-electron chi connectivity index (χ3n) is 6.83. The smallest absolute Gasteiger partial charge is 0.412 e. The second-order valence-corrected chi connectivity index (χ2v) is 10.7. The van der Waals surface area contributed by atoms with Crippen molar-refractivity contribution in [2.75, 3.05) is 41.7 Å². The minimum atomic E-state index is -1.51. The van der Waals surface area contributed by atoms with Crippen molar-refractivity contribution in [3.8, 4) is 0 Å². The SMILES string of the molecule is CC(C)(O)OC(=O)N1CCN(c2ccc(Nc3cc(NC4CC4)n4ncc(/C=C5\NC(=O)NC5=O)c4n3)cc2)CC1. The number of nitrogens with one attached hydrogen (secondary N) is 4. The van der Waals surface area contributed by atoms with E-state index >= 15 is 0 Å². The highest BCUT2D eigenvalue weighted by Crippen LogP contribution is 2.29. The highest BCUT2D eigenvalue weighted by atomic mass is 16.7. The molecule has 3 aliphatic rings. The van der Waals surface area contributed by atoms with Gasteiger partial charge in [0.25, 0.3) is 5.91 Å². The van der Waals surface area contributed by atoms with Gasteiger partial charge in [0.2, 0.25) is 5.79 Å². The zero-order valence-corrected chi connectivity index (χ0v) is 22.7. The summed E-state index contributed by atoms with van der Waals surface area (Å²) in [5, 5.41) is 25.7. The summed E-state index contributed by atoms with van der Waals surface area (Å²) in [7, 11) is 0. The molecule has 2 aliphatic heterocycles. The molecule has 2 aromatic heterocycles. The minimum absolute atomic E-state index is 0.132. The number of fused-ring (bicyclic) bond motifs is 1. The van der Waals surface area contributed by atoms with Gasteiger partial charge in [-0.15, -0.1) is 0 Å². The molecular formula is C27H31N9O5. The number of imide groups is 1. The molecule has 0 atom stereocenters. The fourth-order valence-corrected chi connectivity index (χ4v) is 4.65. The van der Waals surface area contributed by atoms with Crippen molar-refractivity contribution in [1.82, 2.24) is 30.1 Å². The molecule has 2 saturated heterocycles. The van der Waals surface area contributed by atoms with Crippen molar-refractivity contribution in [2.45, 2.75) is 38.5 Å². The Morgan fingerprint density at radius 2 is 1.85 bits per heavy atom. The lowest BCUT2D eigenvalue weighted by Gasteiger charge is -2.36. The van der Waals surface area contributed by atoms with Crippen LogP contribution in [0.5, 0.6) is 0 Å². The van der Waals surface area contributed by atoms with Crippen LogP contribution < -0.4 is 26.2 Å². The van der Waals surface area contributed by atoms with Gasteiger partial charge < -0.3 is 35.6 Å². The fraction of sp³-hybridized carbons (Fsp3) is 0.370. The summed E-state index contributed by atoms with van der Waals surface area (Å²) in [6, 6.07) is 9.62. The van der Waals surface area contributed by atoms with Crippen LogP contribution in [-0.2, 0) is 9.53 Å². The van der Waals surface area contributed by atoms with Gasteiger partial charge >= 0.3 is 12.1 Å². The molecule has 4 amide bonds. The van der Waals surface area contributed by atoms with Gasteiger partial charge in [0, 0.05) is 69.1 Å². The Morgan fingerprint density at radius 3 is 2.49 bits per heavy atom. The van der Waals surface area contributed by atoms with Crippen LogP contribution >= 0.6 is 0 Å². The summed E-state index contributed by atoms with van der Waals surface area (Å²) >= 11 is 0. The van der Waals surface area contributed by atoms with Crippen LogP contribution in [0.15, 0.2) is 42.2 Å². The number of aliphatic hydroxyl groups is 1. The van der Waals surface area contributed by atoms with Crippen LogP contribution in [0.4, 0.5) is 32.6 Å². The molecule has 14 nitrogen and oxygen atoms in total. The molecule has 0 spiro atoms. The van der Waals surface area contributed by atoms with E-state index in [2.05, 4.69) is 31.3 Å². The molecule has 1 aliphatic carbocycles. The van der Waals surface area contributed by atoms with Gasteiger partial charge in [-0.1, -0.05) is 0 Å². The Hall–Kier alpha value is -4.85. The molecule has 214 valence electrons. The van der Waals surface area contributed by atoms with Crippen molar-refractivity contribution < 1.29 is 24.2 Å². The molecule has 4 heterocycles. The van der Waals surface area contributed by atoms with Crippen molar-refractivity contribution in [2.24, 2.45) is 0 Å². The van der Waals surface area contributed by atoms with E-state index in [0.29, 0.717) is 49.2 Å². The Balaban J connectivity index is 1.17. The number of piperazine rings is 1. The molecule has 5 N–H and O–H groups in total. The zero-order valence-electron chi connectivity index (χ0n) is 22.7. The Labute approximate surface area is 235 Å². The lowest BCUT2D eigenvalue weighted by atomic mass is 10.2. The third-order valence-corrected chi connectivity index (χ3v) is 6.83. The van der Waals surface area contributed by atoms with Crippen LogP contribution in [-0.4, -0.2) is 80.6 Å².